The van der Waals surface area contributed by atoms with Crippen LogP contribution in [0.15, 0.2) is 77.3 Å². The Labute approximate surface area is 223 Å². The van der Waals surface area contributed by atoms with Crippen molar-refractivity contribution in [2.75, 3.05) is 32.9 Å². The van der Waals surface area contributed by atoms with Crippen molar-refractivity contribution in [3.63, 3.8) is 0 Å². The van der Waals surface area contributed by atoms with Crippen LogP contribution in [0, 0.1) is 0 Å². The smallest absolute Gasteiger partial charge is 0.409 e. The summed E-state index contributed by atoms with van der Waals surface area (Å²) in [6, 6.07) is 24.1. The summed E-state index contributed by atoms with van der Waals surface area (Å²) in [6.07, 6.45) is 0.0826. The van der Waals surface area contributed by atoms with E-state index >= 15 is 0 Å². The van der Waals surface area contributed by atoms with Crippen LogP contribution in [0.5, 0.6) is 0 Å². The number of carbonyl (C=O) groups is 2. The highest BCUT2D eigenvalue weighted by Crippen LogP contribution is 2.48. The average molecular weight is 564 g/mol. The van der Waals surface area contributed by atoms with Gasteiger partial charge in [0.1, 0.15) is 24.4 Å². The molecule has 1 atom stereocenters. The van der Waals surface area contributed by atoms with E-state index in [1.807, 2.05) is 48.5 Å². The zero-order valence-corrected chi connectivity index (χ0v) is 21.6. The van der Waals surface area contributed by atoms with Gasteiger partial charge in [-0.2, -0.15) is 0 Å². The van der Waals surface area contributed by atoms with Crippen molar-refractivity contribution in [3.8, 4) is 11.1 Å². The molecule has 190 valence electrons. The van der Waals surface area contributed by atoms with Crippen LogP contribution < -0.4 is 0 Å². The van der Waals surface area contributed by atoms with Crippen molar-refractivity contribution in [1.82, 2.24) is 4.90 Å². The number of nitrogens with zero attached hydrogens (tertiary/aromatic N) is 1. The molecule has 6 rings (SSSR count). The lowest BCUT2D eigenvalue weighted by atomic mass is 9.81. The fraction of sp³-hybridized carbons (Fsp3) is 0.310. The van der Waals surface area contributed by atoms with E-state index < -0.39 is 23.8 Å². The number of likely N-dealkylation sites (tertiary alicyclic amines) is 1. The van der Waals surface area contributed by atoms with E-state index in [4.69, 9.17) is 14.2 Å². The third kappa shape index (κ3) is 4.33. The maximum absolute atomic E-state index is 13.0. The predicted octanol–water partition coefficient (Wildman–Crippen LogP) is 5.17. The van der Waals surface area contributed by atoms with Crippen LogP contribution in [-0.2, 0) is 24.6 Å². The molecule has 7 nitrogen and oxygen atoms in total. The van der Waals surface area contributed by atoms with E-state index in [1.165, 1.54) is 22.3 Å². The molecule has 1 spiro atoms. The molecule has 0 aromatic heterocycles. The number of carbonyl (C=O) groups excluding carboxylic acids is 1. The first-order valence-electron chi connectivity index (χ1n) is 12.2. The van der Waals surface area contributed by atoms with Gasteiger partial charge in [-0.3, -0.25) is 0 Å². The minimum Gasteiger partial charge on any atom is -0.480 e. The molecule has 8 heteroatoms. The highest BCUT2D eigenvalue weighted by Gasteiger charge is 2.58. The first kappa shape index (κ1) is 24.2. The largest absolute Gasteiger partial charge is 0.480 e. The van der Waals surface area contributed by atoms with E-state index in [9.17, 15) is 14.7 Å². The standard InChI is InChI=1S/C29H26BrNO6/c30-20-7-5-6-19(12-20)29(36-14-26(32)33)15-28(37-18-29)16-31(17-28)27(34)35-13-25-23-10-3-1-8-21(23)22-9-2-4-11-24(22)25/h1-12,25H,13-18H2,(H,32,33). The van der Waals surface area contributed by atoms with Gasteiger partial charge in [-0.1, -0.05) is 76.6 Å². The lowest BCUT2D eigenvalue weighted by Gasteiger charge is -2.46. The third-order valence-electron chi connectivity index (χ3n) is 7.59. The number of benzene rings is 3. The van der Waals surface area contributed by atoms with Crippen LogP contribution in [-0.4, -0.2) is 60.6 Å². The van der Waals surface area contributed by atoms with Gasteiger partial charge in [0, 0.05) is 16.8 Å². The Balaban J connectivity index is 1.12. The molecular formula is C29H26BrNO6. The Morgan fingerprint density at radius 3 is 2.32 bits per heavy atom. The molecule has 1 aliphatic carbocycles. The number of carboxylic acids is 1. The summed E-state index contributed by atoms with van der Waals surface area (Å²) in [5, 5.41) is 9.23. The molecule has 1 unspecified atom stereocenters. The van der Waals surface area contributed by atoms with Crippen LogP contribution in [0.4, 0.5) is 4.79 Å². The Hall–Kier alpha value is -3.20. The zero-order valence-electron chi connectivity index (χ0n) is 20.1. The van der Waals surface area contributed by atoms with E-state index in [-0.39, 0.29) is 25.2 Å². The fourth-order valence-electron chi connectivity index (χ4n) is 5.89. The molecule has 0 saturated carbocycles. The molecule has 0 bridgehead atoms. The summed E-state index contributed by atoms with van der Waals surface area (Å²) >= 11 is 3.49. The molecule has 1 N–H and O–H groups in total. The summed E-state index contributed by atoms with van der Waals surface area (Å²) in [4.78, 5) is 25.9. The van der Waals surface area contributed by atoms with E-state index in [1.54, 1.807) is 4.90 Å². The van der Waals surface area contributed by atoms with Crippen LogP contribution in [0.1, 0.15) is 29.0 Å². The van der Waals surface area contributed by atoms with Gasteiger partial charge in [0.25, 0.3) is 0 Å². The quantitative estimate of drug-likeness (QED) is 0.445. The Morgan fingerprint density at radius 2 is 1.68 bits per heavy atom. The second kappa shape index (κ2) is 9.28. The number of ether oxygens (including phenoxy) is 3. The molecule has 2 saturated heterocycles. The molecule has 37 heavy (non-hydrogen) atoms. The Bertz CT molecular complexity index is 1320. The maximum Gasteiger partial charge on any atom is 0.409 e. The summed E-state index contributed by atoms with van der Waals surface area (Å²) in [5.74, 6) is -1.04. The van der Waals surface area contributed by atoms with E-state index in [0.29, 0.717) is 19.5 Å². The number of hydrogen-bond donors (Lipinski definition) is 1. The summed E-state index contributed by atoms with van der Waals surface area (Å²) in [6.45, 7) is 0.796. The number of aliphatic carboxylic acids is 1. The van der Waals surface area contributed by atoms with Gasteiger partial charge in [0.15, 0.2) is 0 Å². The van der Waals surface area contributed by atoms with Gasteiger partial charge in [-0.25, -0.2) is 9.59 Å². The topological polar surface area (TPSA) is 85.3 Å². The summed E-state index contributed by atoms with van der Waals surface area (Å²) in [5.41, 5.74) is 4.08. The van der Waals surface area contributed by atoms with Crippen molar-refractivity contribution >= 4 is 28.0 Å². The maximum atomic E-state index is 13.0. The molecule has 2 aliphatic heterocycles. The van der Waals surface area contributed by atoms with Gasteiger partial charge >= 0.3 is 12.1 Å². The van der Waals surface area contributed by atoms with Crippen molar-refractivity contribution < 1.29 is 28.9 Å². The molecule has 0 radical (unpaired) electrons. The lowest BCUT2D eigenvalue weighted by Crippen LogP contribution is -2.63. The van der Waals surface area contributed by atoms with Crippen molar-refractivity contribution in [1.29, 1.82) is 0 Å². The predicted molar refractivity (Wildman–Crippen MR) is 139 cm³/mol. The molecule has 3 aromatic rings. The number of hydrogen-bond acceptors (Lipinski definition) is 5. The van der Waals surface area contributed by atoms with Crippen LogP contribution >= 0.6 is 15.9 Å². The lowest BCUT2D eigenvalue weighted by molar-refractivity contribution is -0.150. The second-order valence-electron chi connectivity index (χ2n) is 10.00. The molecule has 3 aliphatic rings. The first-order valence-corrected chi connectivity index (χ1v) is 13.0. The molecular weight excluding hydrogens is 538 g/mol. The number of fused-ring (bicyclic) bond motifs is 3. The zero-order chi connectivity index (χ0) is 25.6. The first-order chi connectivity index (χ1) is 17.9. The molecule has 2 fully saturated rings. The highest BCUT2D eigenvalue weighted by molar-refractivity contribution is 9.10. The minimum absolute atomic E-state index is 0.00270. The van der Waals surface area contributed by atoms with E-state index in [2.05, 4.69) is 40.2 Å². The molecule has 2 heterocycles. The summed E-state index contributed by atoms with van der Waals surface area (Å²) in [7, 11) is 0. The third-order valence-corrected chi connectivity index (χ3v) is 8.09. The minimum atomic E-state index is -1.04. The van der Waals surface area contributed by atoms with Gasteiger partial charge < -0.3 is 24.2 Å². The Morgan fingerprint density at radius 1 is 1.00 bits per heavy atom. The van der Waals surface area contributed by atoms with Crippen molar-refractivity contribution in [3.05, 3.63) is 94.0 Å². The summed E-state index contributed by atoms with van der Waals surface area (Å²) < 4.78 is 18.8. The number of carboxylic acid groups (broad SMARTS) is 1. The molecule has 1 amide bonds. The fourth-order valence-corrected chi connectivity index (χ4v) is 6.29. The average Bonchev–Trinajstić information content (AvgIpc) is 3.43. The van der Waals surface area contributed by atoms with Gasteiger partial charge in [0.05, 0.1) is 19.7 Å². The van der Waals surface area contributed by atoms with Crippen LogP contribution in [0.3, 0.4) is 0 Å². The van der Waals surface area contributed by atoms with Gasteiger partial charge in [-0.05, 0) is 39.9 Å². The monoisotopic (exact) mass is 563 g/mol. The van der Waals surface area contributed by atoms with Crippen molar-refractivity contribution in [2.45, 2.75) is 23.5 Å². The highest BCUT2D eigenvalue weighted by atomic mass is 79.9. The molecule has 3 aromatic carbocycles. The normalized spacial score (nSPS) is 21.4. The second-order valence-corrected chi connectivity index (χ2v) is 10.9. The number of halogens is 1. The van der Waals surface area contributed by atoms with Crippen LogP contribution in [0.2, 0.25) is 0 Å². The van der Waals surface area contributed by atoms with Gasteiger partial charge in [-0.15, -0.1) is 0 Å². The number of rotatable bonds is 6. The van der Waals surface area contributed by atoms with E-state index in [0.717, 1.165) is 10.0 Å². The number of amides is 1. The van der Waals surface area contributed by atoms with Crippen molar-refractivity contribution in [2.24, 2.45) is 0 Å². The van der Waals surface area contributed by atoms with Gasteiger partial charge in [0.2, 0.25) is 0 Å². The Kier molecular flexibility index (Phi) is 6.06. The van der Waals surface area contributed by atoms with Crippen LogP contribution in [0.25, 0.3) is 11.1 Å². The SMILES string of the molecule is O=C(O)COC1(c2cccc(Br)c2)COC2(CN(C(=O)OCC3c4ccccc4-c4ccccc43)C2)C1.